The molecule has 0 aromatic heterocycles. The molecule has 2 N–H and O–H groups in total. The summed E-state index contributed by atoms with van der Waals surface area (Å²) in [5.74, 6) is 0.708. The average molecular weight is 315 g/mol. The fourth-order valence-electron chi connectivity index (χ4n) is 4.68. The van der Waals surface area contributed by atoms with Crippen LogP contribution in [0, 0.1) is 17.3 Å². The highest BCUT2D eigenvalue weighted by Crippen LogP contribution is 2.67. The number of aliphatic hydroxyl groups is 1. The van der Waals surface area contributed by atoms with Crippen LogP contribution in [0.25, 0.3) is 0 Å². The molecule has 122 valence electrons. The van der Waals surface area contributed by atoms with Crippen molar-refractivity contribution in [1.82, 2.24) is 4.90 Å². The maximum Gasteiger partial charge on any atom is 0.227 e. The van der Waals surface area contributed by atoms with Gasteiger partial charge in [0.15, 0.2) is 11.5 Å². The molecule has 1 saturated heterocycles. The van der Waals surface area contributed by atoms with Gasteiger partial charge in [-0.1, -0.05) is 6.08 Å². The van der Waals surface area contributed by atoms with Gasteiger partial charge >= 0.3 is 0 Å². The van der Waals surface area contributed by atoms with E-state index in [4.69, 9.17) is 4.74 Å². The number of fused-ring (bicyclic) bond motifs is 4. The van der Waals surface area contributed by atoms with Crippen molar-refractivity contribution in [2.45, 2.75) is 18.9 Å². The van der Waals surface area contributed by atoms with E-state index in [0.29, 0.717) is 12.3 Å². The van der Waals surface area contributed by atoms with Gasteiger partial charge in [-0.25, -0.2) is 0 Å². The summed E-state index contributed by atoms with van der Waals surface area (Å²) in [7, 11) is 1.54. The maximum atomic E-state index is 12.8. The van der Waals surface area contributed by atoms with Crippen LogP contribution >= 0.6 is 0 Å². The Bertz CT molecular complexity index is 701. The summed E-state index contributed by atoms with van der Waals surface area (Å²) in [6.07, 6.45) is 3.32. The molecule has 0 unspecified atom stereocenters. The van der Waals surface area contributed by atoms with Crippen molar-refractivity contribution in [3.8, 4) is 11.5 Å². The summed E-state index contributed by atoms with van der Waals surface area (Å²) in [5, 5.41) is 19.9. The lowest BCUT2D eigenvalue weighted by atomic mass is 9.86. The molecule has 2 heterocycles. The number of nitrogens with zero attached hydrogens (tertiary/aromatic N) is 1. The fraction of sp³-hybridized carbons (Fsp3) is 0.500. The van der Waals surface area contributed by atoms with E-state index < -0.39 is 5.41 Å². The second-order valence-electron chi connectivity index (χ2n) is 6.81. The third-order valence-electron chi connectivity index (χ3n) is 6.04. The fourth-order valence-corrected chi connectivity index (χ4v) is 4.68. The Kier molecular flexibility index (Phi) is 3.00. The Morgan fingerprint density at radius 1 is 1.52 bits per heavy atom. The first-order valence-electron chi connectivity index (χ1n) is 8.02. The van der Waals surface area contributed by atoms with E-state index in [-0.39, 0.29) is 36.1 Å². The van der Waals surface area contributed by atoms with Gasteiger partial charge in [-0.15, -0.1) is 6.58 Å². The first-order valence-corrected chi connectivity index (χ1v) is 8.02. The number of carbonyl (C=O) groups excluding carboxylic acids is 1. The second-order valence-corrected chi connectivity index (χ2v) is 6.81. The molecule has 3 aliphatic rings. The summed E-state index contributed by atoms with van der Waals surface area (Å²) in [4.78, 5) is 14.7. The Morgan fingerprint density at radius 2 is 2.30 bits per heavy atom. The summed E-state index contributed by atoms with van der Waals surface area (Å²) in [6, 6.07) is 3.58. The predicted molar refractivity (Wildman–Crippen MR) is 84.1 cm³/mol. The van der Waals surface area contributed by atoms with Crippen LogP contribution in [0.15, 0.2) is 24.8 Å². The number of carbonyl (C=O) groups is 1. The molecule has 1 saturated carbocycles. The molecule has 1 amide bonds. The van der Waals surface area contributed by atoms with Gasteiger partial charge in [-0.3, -0.25) is 4.79 Å². The number of aromatic hydroxyl groups is 1. The average Bonchev–Trinajstić information content (AvgIpc) is 3.23. The summed E-state index contributed by atoms with van der Waals surface area (Å²) in [5.41, 5.74) is 1.67. The number of piperidine rings is 1. The normalized spacial score (nSPS) is 34.3. The van der Waals surface area contributed by atoms with Gasteiger partial charge < -0.3 is 19.8 Å². The number of benzene rings is 1. The number of phenols is 1. The SMILES string of the molecule is C=C[C@]1(CO)[C@@H]2C[C@H]3c4cc(O)c(OC)cc4CCN3C(=O)[C@@H]21. The molecule has 1 aliphatic carbocycles. The molecule has 0 spiro atoms. The quantitative estimate of drug-likeness (QED) is 0.832. The summed E-state index contributed by atoms with van der Waals surface area (Å²) < 4.78 is 5.19. The van der Waals surface area contributed by atoms with Crippen LogP contribution in [-0.4, -0.2) is 41.3 Å². The van der Waals surface area contributed by atoms with Gasteiger partial charge in [0.1, 0.15) is 0 Å². The highest BCUT2D eigenvalue weighted by Gasteiger charge is 2.69. The first kappa shape index (κ1) is 14.6. The van der Waals surface area contributed by atoms with E-state index in [2.05, 4.69) is 6.58 Å². The third-order valence-corrected chi connectivity index (χ3v) is 6.04. The second kappa shape index (κ2) is 4.74. The number of hydrogen-bond acceptors (Lipinski definition) is 4. The van der Waals surface area contributed by atoms with E-state index in [9.17, 15) is 15.0 Å². The highest BCUT2D eigenvalue weighted by atomic mass is 16.5. The number of hydrogen-bond donors (Lipinski definition) is 2. The predicted octanol–water partition coefficient (Wildman–Crippen LogP) is 1.64. The highest BCUT2D eigenvalue weighted by molar-refractivity contribution is 5.86. The molecular weight excluding hydrogens is 294 g/mol. The number of amides is 1. The molecular formula is C18H21NO4. The minimum absolute atomic E-state index is 0.0289. The van der Waals surface area contributed by atoms with Crippen molar-refractivity contribution in [3.05, 3.63) is 35.9 Å². The van der Waals surface area contributed by atoms with Crippen LogP contribution in [-0.2, 0) is 11.2 Å². The van der Waals surface area contributed by atoms with Crippen molar-refractivity contribution in [3.63, 3.8) is 0 Å². The molecule has 5 nitrogen and oxygen atoms in total. The monoisotopic (exact) mass is 315 g/mol. The minimum atomic E-state index is -0.455. The van der Waals surface area contributed by atoms with Crippen LogP contribution in [0.4, 0.5) is 0 Å². The first-order chi connectivity index (χ1) is 11.1. The Labute approximate surface area is 135 Å². The topological polar surface area (TPSA) is 70.0 Å². The van der Waals surface area contributed by atoms with Gasteiger partial charge in [0.25, 0.3) is 0 Å². The standard InChI is InChI=1S/C18H21NO4/c1-3-18(9-20)12-8-13-11-7-14(21)15(23-2)6-10(11)4-5-19(13)17(22)16(12)18/h3,6-7,12-13,16,20-21H,1,4-5,8-9H2,2H3/t12-,13+,16-,18+/m1/s1. The number of methoxy groups -OCH3 is 1. The van der Waals surface area contributed by atoms with Crippen molar-refractivity contribution in [1.29, 1.82) is 0 Å². The van der Waals surface area contributed by atoms with E-state index in [1.165, 1.54) is 7.11 Å². The van der Waals surface area contributed by atoms with Crippen LogP contribution in [0.5, 0.6) is 11.5 Å². The van der Waals surface area contributed by atoms with E-state index >= 15 is 0 Å². The van der Waals surface area contributed by atoms with Crippen molar-refractivity contribution in [2.24, 2.45) is 17.3 Å². The molecule has 1 aromatic rings. The lowest BCUT2D eigenvalue weighted by Crippen LogP contribution is -2.44. The Morgan fingerprint density at radius 3 is 2.96 bits per heavy atom. The van der Waals surface area contributed by atoms with Gasteiger partial charge in [0.05, 0.1) is 25.7 Å². The lowest BCUT2D eigenvalue weighted by molar-refractivity contribution is -0.138. The number of aliphatic hydroxyl groups excluding tert-OH is 1. The van der Waals surface area contributed by atoms with Crippen molar-refractivity contribution in [2.75, 3.05) is 20.3 Å². The summed E-state index contributed by atoms with van der Waals surface area (Å²) >= 11 is 0. The van der Waals surface area contributed by atoms with E-state index in [0.717, 1.165) is 24.0 Å². The molecule has 4 atom stereocenters. The van der Waals surface area contributed by atoms with Gasteiger partial charge in [-0.2, -0.15) is 0 Å². The van der Waals surface area contributed by atoms with Gasteiger partial charge in [0.2, 0.25) is 5.91 Å². The van der Waals surface area contributed by atoms with Gasteiger partial charge in [0, 0.05) is 12.0 Å². The third kappa shape index (κ3) is 1.74. The summed E-state index contributed by atoms with van der Waals surface area (Å²) in [6.45, 7) is 4.48. The van der Waals surface area contributed by atoms with Crippen LogP contribution < -0.4 is 4.74 Å². The van der Waals surface area contributed by atoms with Crippen LogP contribution in [0.2, 0.25) is 0 Å². The minimum Gasteiger partial charge on any atom is -0.504 e. The molecule has 23 heavy (non-hydrogen) atoms. The van der Waals surface area contributed by atoms with Crippen LogP contribution in [0.1, 0.15) is 23.6 Å². The zero-order valence-electron chi connectivity index (χ0n) is 13.2. The smallest absolute Gasteiger partial charge is 0.227 e. The Balaban J connectivity index is 1.74. The molecule has 4 rings (SSSR count). The maximum absolute atomic E-state index is 12.8. The van der Waals surface area contributed by atoms with Crippen LogP contribution in [0.3, 0.4) is 0 Å². The lowest BCUT2D eigenvalue weighted by Gasteiger charge is -2.40. The molecule has 5 heteroatoms. The van der Waals surface area contributed by atoms with E-state index in [1.807, 2.05) is 11.0 Å². The Hall–Kier alpha value is -2.01. The molecule has 0 bridgehead atoms. The number of ether oxygens (including phenoxy) is 1. The van der Waals surface area contributed by atoms with E-state index in [1.54, 1.807) is 12.1 Å². The number of phenolic OH excluding ortho intramolecular Hbond substituents is 1. The molecule has 2 fully saturated rings. The van der Waals surface area contributed by atoms with Crippen molar-refractivity contribution >= 4 is 5.91 Å². The van der Waals surface area contributed by atoms with Gasteiger partial charge in [-0.05, 0) is 42.0 Å². The van der Waals surface area contributed by atoms with Crippen molar-refractivity contribution < 1.29 is 19.7 Å². The molecule has 0 radical (unpaired) electrons. The largest absolute Gasteiger partial charge is 0.504 e. The number of rotatable bonds is 3. The molecule has 1 aromatic carbocycles. The zero-order valence-corrected chi connectivity index (χ0v) is 13.2. The molecule has 2 aliphatic heterocycles. The zero-order chi connectivity index (χ0) is 16.4.